The molecule has 1 aliphatic rings. The second kappa shape index (κ2) is 7.65. The Morgan fingerprint density at radius 1 is 1.27 bits per heavy atom. The van der Waals surface area contributed by atoms with Gasteiger partial charge in [-0.15, -0.1) is 5.10 Å². The van der Waals surface area contributed by atoms with Crippen molar-refractivity contribution in [3.8, 4) is 0 Å². The number of nitrogens with one attached hydrogen (secondary N) is 1. The summed E-state index contributed by atoms with van der Waals surface area (Å²) in [7, 11) is 0. The first-order chi connectivity index (χ1) is 12.3. The summed E-state index contributed by atoms with van der Waals surface area (Å²) in [6, 6.07) is 4.61. The van der Waals surface area contributed by atoms with E-state index >= 15 is 0 Å². The van der Waals surface area contributed by atoms with E-state index in [9.17, 15) is 18.0 Å². The molecule has 1 aromatic heterocycles. The average molecular weight is 385 g/mol. The van der Waals surface area contributed by atoms with Crippen molar-refractivity contribution < 1.29 is 18.0 Å². The number of aromatic nitrogens is 4. The molecule has 140 valence electrons. The highest BCUT2D eigenvalue weighted by atomic mass is 32.2. The molecule has 0 aliphatic heterocycles. The number of rotatable bonds is 5. The summed E-state index contributed by atoms with van der Waals surface area (Å²) in [5.41, 5.74) is -0.445. The summed E-state index contributed by atoms with van der Waals surface area (Å²) in [4.78, 5) is 12.3. The van der Waals surface area contributed by atoms with Crippen LogP contribution in [-0.4, -0.2) is 31.4 Å². The minimum atomic E-state index is -4.40. The van der Waals surface area contributed by atoms with Crippen molar-refractivity contribution in [3.05, 3.63) is 29.8 Å². The number of hydrogen-bond acceptors (Lipinski definition) is 5. The van der Waals surface area contributed by atoms with Crippen LogP contribution in [0.15, 0.2) is 29.4 Å². The number of hydrogen-bond donors (Lipinski definition) is 1. The van der Waals surface area contributed by atoms with Gasteiger partial charge in [0.1, 0.15) is 0 Å². The quantitative estimate of drug-likeness (QED) is 0.790. The van der Waals surface area contributed by atoms with E-state index < -0.39 is 17.0 Å². The first-order valence-electron chi connectivity index (χ1n) is 8.27. The second-order valence-corrected chi connectivity index (χ2v) is 7.48. The monoisotopic (exact) mass is 385 g/mol. The van der Waals surface area contributed by atoms with Gasteiger partial charge in [0.2, 0.25) is 11.1 Å². The highest BCUT2D eigenvalue weighted by Gasteiger charge is 2.30. The third kappa shape index (κ3) is 4.35. The van der Waals surface area contributed by atoms with Crippen molar-refractivity contribution in [2.45, 2.75) is 55.2 Å². The van der Waals surface area contributed by atoms with E-state index in [1.165, 1.54) is 23.9 Å². The van der Waals surface area contributed by atoms with Crippen molar-refractivity contribution in [2.24, 2.45) is 0 Å². The molecule has 1 amide bonds. The van der Waals surface area contributed by atoms with Crippen LogP contribution in [0.25, 0.3) is 0 Å². The maximum Gasteiger partial charge on any atom is 0.416 e. The highest BCUT2D eigenvalue weighted by Crippen LogP contribution is 2.33. The topological polar surface area (TPSA) is 72.7 Å². The van der Waals surface area contributed by atoms with Gasteiger partial charge in [0.05, 0.1) is 16.9 Å². The van der Waals surface area contributed by atoms with E-state index in [0.717, 1.165) is 37.8 Å². The van der Waals surface area contributed by atoms with Crippen molar-refractivity contribution in [1.82, 2.24) is 20.2 Å². The molecule has 10 heteroatoms. The Hall–Kier alpha value is -2.10. The number of thioether (sulfide) groups is 1. The summed E-state index contributed by atoms with van der Waals surface area (Å²) in [6.07, 6.45) is -0.0877. The van der Waals surface area contributed by atoms with Gasteiger partial charge in [0.15, 0.2) is 0 Å². The van der Waals surface area contributed by atoms with Gasteiger partial charge in [-0.3, -0.25) is 4.79 Å². The highest BCUT2D eigenvalue weighted by molar-refractivity contribution is 8.00. The number of carbonyl (C=O) groups is 1. The molecule has 1 saturated carbocycles. The number of tetrazole rings is 1. The molecule has 0 saturated heterocycles. The maximum absolute atomic E-state index is 12.6. The Morgan fingerprint density at radius 3 is 2.54 bits per heavy atom. The first kappa shape index (κ1) is 18.7. The lowest BCUT2D eigenvalue weighted by Crippen LogP contribution is -2.23. The van der Waals surface area contributed by atoms with Gasteiger partial charge in [0, 0.05) is 5.69 Å². The maximum atomic E-state index is 12.6. The number of anilines is 1. The molecule has 26 heavy (non-hydrogen) atoms. The molecule has 1 unspecified atom stereocenters. The second-order valence-electron chi connectivity index (χ2n) is 6.17. The lowest BCUT2D eigenvalue weighted by atomic mass is 10.2. The fourth-order valence-corrected chi connectivity index (χ4v) is 3.70. The van der Waals surface area contributed by atoms with E-state index in [0.29, 0.717) is 10.8 Å². The predicted molar refractivity (Wildman–Crippen MR) is 90.7 cm³/mol. The lowest BCUT2D eigenvalue weighted by molar-refractivity contribution is -0.137. The Kier molecular flexibility index (Phi) is 5.49. The number of halogens is 3. The third-order valence-corrected chi connectivity index (χ3v) is 5.31. The number of amides is 1. The zero-order valence-corrected chi connectivity index (χ0v) is 14.8. The summed E-state index contributed by atoms with van der Waals surface area (Å²) < 4.78 is 39.5. The molecule has 0 bridgehead atoms. The van der Waals surface area contributed by atoms with Crippen LogP contribution in [0.5, 0.6) is 0 Å². The van der Waals surface area contributed by atoms with Crippen LogP contribution >= 0.6 is 11.8 Å². The minimum Gasteiger partial charge on any atom is -0.325 e. The Balaban J connectivity index is 1.61. The number of alkyl halides is 3. The number of benzene rings is 1. The van der Waals surface area contributed by atoms with Crippen LogP contribution in [0.3, 0.4) is 0 Å². The molecule has 1 N–H and O–H groups in total. The molecule has 2 aromatic rings. The van der Waals surface area contributed by atoms with E-state index in [2.05, 4.69) is 20.8 Å². The van der Waals surface area contributed by atoms with Crippen LogP contribution in [0.2, 0.25) is 0 Å². The standard InChI is InChI=1S/C16H18F3N5OS/c1-10(26-15-21-22-23-24(15)13-4-2-3-5-13)14(25)20-12-8-6-11(7-9-12)16(17,18)19/h6-10,13H,2-5H2,1H3,(H,20,25). The molecule has 3 rings (SSSR count). The van der Waals surface area contributed by atoms with E-state index in [4.69, 9.17) is 0 Å². The molecular formula is C16H18F3N5OS. The van der Waals surface area contributed by atoms with Crippen LogP contribution < -0.4 is 5.32 Å². The van der Waals surface area contributed by atoms with Gasteiger partial charge in [0.25, 0.3) is 0 Å². The SMILES string of the molecule is CC(Sc1nnnn1C1CCCC1)C(=O)Nc1ccc(C(F)(F)F)cc1. The summed E-state index contributed by atoms with van der Waals surface area (Å²) in [5, 5.41) is 14.4. The molecular weight excluding hydrogens is 367 g/mol. The lowest BCUT2D eigenvalue weighted by Gasteiger charge is -2.14. The van der Waals surface area contributed by atoms with Gasteiger partial charge in [-0.25, -0.2) is 4.68 Å². The molecule has 1 aromatic carbocycles. The van der Waals surface area contributed by atoms with Gasteiger partial charge in [-0.2, -0.15) is 13.2 Å². The molecule has 0 spiro atoms. The van der Waals surface area contributed by atoms with Crippen molar-refractivity contribution in [2.75, 3.05) is 5.32 Å². The van der Waals surface area contributed by atoms with Crippen molar-refractivity contribution >= 4 is 23.4 Å². The summed E-state index contributed by atoms with van der Waals surface area (Å²) in [6.45, 7) is 1.71. The molecule has 1 atom stereocenters. The fourth-order valence-electron chi connectivity index (χ4n) is 2.84. The summed E-state index contributed by atoms with van der Waals surface area (Å²) >= 11 is 1.23. The van der Waals surface area contributed by atoms with E-state index in [1.54, 1.807) is 11.6 Å². The Morgan fingerprint density at radius 2 is 1.92 bits per heavy atom. The van der Waals surface area contributed by atoms with Crippen LogP contribution in [0.4, 0.5) is 18.9 Å². The number of nitrogens with zero attached hydrogens (tertiary/aromatic N) is 4. The van der Waals surface area contributed by atoms with Gasteiger partial charge >= 0.3 is 6.18 Å². The molecule has 6 nitrogen and oxygen atoms in total. The summed E-state index contributed by atoms with van der Waals surface area (Å²) in [5.74, 6) is -0.323. The minimum absolute atomic E-state index is 0.262. The van der Waals surface area contributed by atoms with Gasteiger partial charge < -0.3 is 5.32 Å². The smallest absolute Gasteiger partial charge is 0.325 e. The number of carbonyl (C=O) groups excluding carboxylic acids is 1. The zero-order valence-electron chi connectivity index (χ0n) is 14.0. The van der Waals surface area contributed by atoms with Crippen molar-refractivity contribution in [3.63, 3.8) is 0 Å². The molecule has 1 aliphatic carbocycles. The Bertz CT molecular complexity index is 756. The van der Waals surface area contributed by atoms with Crippen LogP contribution in [0, 0.1) is 0 Å². The molecule has 1 fully saturated rings. The van der Waals surface area contributed by atoms with Crippen LogP contribution in [-0.2, 0) is 11.0 Å². The molecule has 1 heterocycles. The zero-order chi connectivity index (χ0) is 18.7. The van der Waals surface area contributed by atoms with Gasteiger partial charge in [-0.1, -0.05) is 24.6 Å². The van der Waals surface area contributed by atoms with Crippen molar-refractivity contribution in [1.29, 1.82) is 0 Å². The van der Waals surface area contributed by atoms with Crippen LogP contribution in [0.1, 0.15) is 44.2 Å². The predicted octanol–water partition coefficient (Wildman–Crippen LogP) is 3.93. The first-order valence-corrected chi connectivity index (χ1v) is 9.15. The normalized spacial score (nSPS) is 16.6. The van der Waals surface area contributed by atoms with Gasteiger partial charge in [-0.05, 0) is 54.5 Å². The molecule has 0 radical (unpaired) electrons. The average Bonchev–Trinajstić information content (AvgIpc) is 3.25. The largest absolute Gasteiger partial charge is 0.416 e. The van der Waals surface area contributed by atoms with E-state index in [-0.39, 0.29) is 11.9 Å². The Labute approximate surface area is 152 Å². The third-order valence-electron chi connectivity index (χ3n) is 4.26. The fraction of sp³-hybridized carbons (Fsp3) is 0.500. The van der Waals surface area contributed by atoms with E-state index in [1.807, 2.05) is 0 Å².